The summed E-state index contributed by atoms with van der Waals surface area (Å²) in [6.45, 7) is 5.39. The summed E-state index contributed by atoms with van der Waals surface area (Å²) in [4.78, 5) is 13.9. The fraction of sp³-hybridized carbons (Fsp3) is 0.227. The summed E-state index contributed by atoms with van der Waals surface area (Å²) in [6.07, 6.45) is 2.62. The zero-order valence-electron chi connectivity index (χ0n) is 16.5. The van der Waals surface area contributed by atoms with Gasteiger partial charge in [0.1, 0.15) is 5.69 Å². The zero-order valence-corrected chi connectivity index (χ0v) is 17.3. The van der Waals surface area contributed by atoms with Crippen molar-refractivity contribution in [2.24, 2.45) is 0 Å². The molecule has 0 aliphatic heterocycles. The number of para-hydroxylation sites is 1. The fourth-order valence-electron chi connectivity index (χ4n) is 3.28. The fourth-order valence-corrected chi connectivity index (χ4v) is 4.00. The number of thiophene rings is 1. The molecule has 3 heterocycles. The van der Waals surface area contributed by atoms with Gasteiger partial charge in [0.05, 0.1) is 21.8 Å². The first-order valence-corrected chi connectivity index (χ1v) is 10.5. The van der Waals surface area contributed by atoms with Gasteiger partial charge in [-0.3, -0.25) is 9.48 Å². The third-order valence-corrected chi connectivity index (χ3v) is 5.55. The minimum atomic E-state index is -0.107. The predicted octanol–water partition coefficient (Wildman–Crippen LogP) is 4.23. The molecule has 0 bridgehead atoms. The van der Waals surface area contributed by atoms with Gasteiger partial charge in [0.25, 0.3) is 5.91 Å². The number of aryl methyl sites for hydroxylation is 3. The van der Waals surface area contributed by atoms with Crippen molar-refractivity contribution in [3.63, 3.8) is 0 Å². The third-order valence-electron chi connectivity index (χ3n) is 4.67. The molecule has 0 atom stereocenters. The van der Waals surface area contributed by atoms with Crippen LogP contribution < -0.4 is 5.32 Å². The topological polar surface area (TPSA) is 64.7 Å². The van der Waals surface area contributed by atoms with E-state index >= 15 is 0 Å². The van der Waals surface area contributed by atoms with Gasteiger partial charge in [-0.1, -0.05) is 24.3 Å². The van der Waals surface area contributed by atoms with E-state index < -0.39 is 0 Å². The highest BCUT2D eigenvalue weighted by atomic mass is 32.1. The van der Waals surface area contributed by atoms with Crippen LogP contribution in [0.15, 0.2) is 60.1 Å². The molecule has 0 aliphatic rings. The van der Waals surface area contributed by atoms with Gasteiger partial charge in [0.15, 0.2) is 0 Å². The molecule has 0 saturated carbocycles. The van der Waals surface area contributed by atoms with Crippen molar-refractivity contribution >= 4 is 17.2 Å². The number of carbonyl (C=O) groups excluding carboxylic acids is 1. The van der Waals surface area contributed by atoms with Crippen LogP contribution in [0.1, 0.15) is 28.2 Å². The molecule has 0 aliphatic carbocycles. The first-order valence-electron chi connectivity index (χ1n) is 9.60. The highest BCUT2D eigenvalue weighted by molar-refractivity contribution is 7.13. The number of nitrogens with one attached hydrogen (secondary N) is 1. The van der Waals surface area contributed by atoms with Crippen LogP contribution >= 0.6 is 11.3 Å². The lowest BCUT2D eigenvalue weighted by Gasteiger charge is -2.06. The highest BCUT2D eigenvalue weighted by Crippen LogP contribution is 2.27. The van der Waals surface area contributed by atoms with E-state index in [1.165, 1.54) is 0 Å². The van der Waals surface area contributed by atoms with Crippen LogP contribution in [0.25, 0.3) is 16.3 Å². The quantitative estimate of drug-likeness (QED) is 0.468. The smallest absolute Gasteiger partial charge is 0.255 e. The molecular formula is C22H23N5OS. The first kappa shape index (κ1) is 19.1. The maximum Gasteiger partial charge on any atom is 0.255 e. The van der Waals surface area contributed by atoms with Gasteiger partial charge in [-0.05, 0) is 49.9 Å². The molecule has 0 spiro atoms. The van der Waals surface area contributed by atoms with Crippen molar-refractivity contribution in [2.45, 2.75) is 26.8 Å². The molecule has 0 fully saturated rings. The number of aromatic nitrogens is 4. The van der Waals surface area contributed by atoms with Crippen LogP contribution in [-0.2, 0) is 6.54 Å². The van der Waals surface area contributed by atoms with E-state index in [-0.39, 0.29) is 5.91 Å². The molecule has 7 heteroatoms. The summed E-state index contributed by atoms with van der Waals surface area (Å²) >= 11 is 1.58. The van der Waals surface area contributed by atoms with E-state index in [1.807, 2.05) is 66.4 Å². The minimum Gasteiger partial charge on any atom is -0.352 e. The van der Waals surface area contributed by atoms with E-state index in [2.05, 4.69) is 21.6 Å². The van der Waals surface area contributed by atoms with Crippen molar-refractivity contribution in [1.29, 1.82) is 0 Å². The Morgan fingerprint density at radius 1 is 1.10 bits per heavy atom. The molecule has 29 heavy (non-hydrogen) atoms. The lowest BCUT2D eigenvalue weighted by molar-refractivity contribution is 0.0953. The second-order valence-corrected chi connectivity index (χ2v) is 7.86. The molecule has 4 aromatic rings. The molecule has 4 rings (SSSR count). The summed E-state index contributed by atoms with van der Waals surface area (Å²) < 4.78 is 3.74. The maximum atomic E-state index is 12.9. The molecule has 3 aromatic heterocycles. The Balaban J connectivity index is 1.48. The van der Waals surface area contributed by atoms with Crippen molar-refractivity contribution in [1.82, 2.24) is 24.9 Å². The van der Waals surface area contributed by atoms with Gasteiger partial charge in [0, 0.05) is 25.0 Å². The number of amides is 1. The Morgan fingerprint density at radius 2 is 1.93 bits per heavy atom. The predicted molar refractivity (Wildman–Crippen MR) is 116 cm³/mol. The van der Waals surface area contributed by atoms with Gasteiger partial charge in [0.2, 0.25) is 0 Å². The number of rotatable bonds is 7. The summed E-state index contributed by atoms with van der Waals surface area (Å²) in [5.41, 5.74) is 4.37. The van der Waals surface area contributed by atoms with Gasteiger partial charge in [-0.2, -0.15) is 10.2 Å². The van der Waals surface area contributed by atoms with Crippen LogP contribution in [0.3, 0.4) is 0 Å². The van der Waals surface area contributed by atoms with Gasteiger partial charge < -0.3 is 5.32 Å². The second kappa shape index (κ2) is 8.45. The van der Waals surface area contributed by atoms with Crippen LogP contribution in [-0.4, -0.2) is 32.0 Å². The number of nitrogens with zero attached hydrogens (tertiary/aromatic N) is 4. The summed E-state index contributed by atoms with van der Waals surface area (Å²) in [5, 5.41) is 14.2. The van der Waals surface area contributed by atoms with Crippen LogP contribution in [0.5, 0.6) is 0 Å². The molecule has 1 N–H and O–H groups in total. The standard InChI is InChI=1S/C22H23N5OS/c1-16-14-17(2)26(24-16)12-7-11-23-22(28)19-15-27(18-8-4-3-5-9-18)25-21(19)20-10-6-13-29-20/h3-6,8-10,13-15H,7,11-12H2,1-2H3,(H,23,28). The Labute approximate surface area is 173 Å². The SMILES string of the molecule is Cc1cc(C)n(CCCNC(=O)c2cn(-c3ccccc3)nc2-c2cccs2)n1. The number of benzene rings is 1. The second-order valence-electron chi connectivity index (χ2n) is 6.91. The van der Waals surface area contributed by atoms with Crippen LogP contribution in [0, 0.1) is 13.8 Å². The van der Waals surface area contributed by atoms with Crippen LogP contribution in [0.2, 0.25) is 0 Å². The van der Waals surface area contributed by atoms with E-state index in [0.29, 0.717) is 17.8 Å². The lowest BCUT2D eigenvalue weighted by atomic mass is 10.2. The first-order chi connectivity index (χ1) is 14.1. The van der Waals surface area contributed by atoms with Crippen molar-refractivity contribution < 1.29 is 4.79 Å². The Morgan fingerprint density at radius 3 is 2.62 bits per heavy atom. The normalized spacial score (nSPS) is 11.0. The Bertz CT molecular complexity index is 1100. The van der Waals surface area contributed by atoms with Crippen LogP contribution in [0.4, 0.5) is 0 Å². The summed E-state index contributed by atoms with van der Waals surface area (Å²) in [7, 11) is 0. The lowest BCUT2D eigenvalue weighted by Crippen LogP contribution is -2.25. The molecule has 0 saturated heterocycles. The number of hydrogen-bond acceptors (Lipinski definition) is 4. The Kier molecular flexibility index (Phi) is 5.57. The maximum absolute atomic E-state index is 12.9. The number of hydrogen-bond donors (Lipinski definition) is 1. The monoisotopic (exact) mass is 405 g/mol. The van der Waals surface area contributed by atoms with Crippen molar-refractivity contribution in [3.05, 3.63) is 77.1 Å². The van der Waals surface area contributed by atoms with Crippen molar-refractivity contribution in [3.8, 4) is 16.3 Å². The van der Waals surface area contributed by atoms with E-state index in [9.17, 15) is 4.79 Å². The molecule has 0 unspecified atom stereocenters. The van der Waals surface area contributed by atoms with Crippen molar-refractivity contribution in [2.75, 3.05) is 6.54 Å². The largest absolute Gasteiger partial charge is 0.352 e. The van der Waals surface area contributed by atoms with E-state index in [1.54, 1.807) is 22.2 Å². The third kappa shape index (κ3) is 4.30. The number of carbonyl (C=O) groups is 1. The summed E-state index contributed by atoms with van der Waals surface area (Å²) in [5.74, 6) is -0.107. The molecule has 148 valence electrons. The minimum absolute atomic E-state index is 0.107. The average Bonchev–Trinajstić information content (AvgIpc) is 3.45. The molecule has 1 aromatic carbocycles. The molecule has 0 radical (unpaired) electrons. The average molecular weight is 406 g/mol. The summed E-state index contributed by atoms with van der Waals surface area (Å²) in [6, 6.07) is 15.8. The zero-order chi connectivity index (χ0) is 20.2. The Hall–Kier alpha value is -3.19. The van der Waals surface area contributed by atoms with Gasteiger partial charge in [-0.15, -0.1) is 11.3 Å². The van der Waals surface area contributed by atoms with E-state index in [0.717, 1.165) is 34.9 Å². The highest BCUT2D eigenvalue weighted by Gasteiger charge is 2.19. The molecule has 6 nitrogen and oxygen atoms in total. The molecule has 1 amide bonds. The van der Waals surface area contributed by atoms with E-state index in [4.69, 9.17) is 0 Å². The van der Waals surface area contributed by atoms with Gasteiger partial charge in [-0.25, -0.2) is 4.68 Å². The molecular weight excluding hydrogens is 382 g/mol. The van der Waals surface area contributed by atoms with Gasteiger partial charge >= 0.3 is 0 Å².